The summed E-state index contributed by atoms with van der Waals surface area (Å²) in [5, 5.41) is 2.93. The van der Waals surface area contributed by atoms with Gasteiger partial charge >= 0.3 is 0 Å². The van der Waals surface area contributed by atoms with Crippen molar-refractivity contribution in [3.8, 4) is 0 Å². The molecular weight excluding hydrogens is 165 g/mol. The van der Waals surface area contributed by atoms with E-state index in [0.29, 0.717) is 5.65 Å². The fourth-order valence-corrected chi connectivity index (χ4v) is 0.955. The van der Waals surface area contributed by atoms with Gasteiger partial charge in [0.15, 0.2) is 11.5 Å². The number of H-pyrrole nitrogens is 1. The van der Waals surface area contributed by atoms with E-state index in [2.05, 4.69) is 25.3 Å². The summed E-state index contributed by atoms with van der Waals surface area (Å²) in [5.41, 5.74) is 1.53. The van der Waals surface area contributed by atoms with Crippen LogP contribution in [0.2, 0.25) is 0 Å². The molecule has 0 aliphatic heterocycles. The van der Waals surface area contributed by atoms with Gasteiger partial charge in [-0.3, -0.25) is 0 Å². The summed E-state index contributed by atoms with van der Waals surface area (Å²) in [6.07, 6.45) is 3.08. The Morgan fingerprint density at radius 3 is 2.92 bits per heavy atom. The molecule has 57 valence electrons. The van der Waals surface area contributed by atoms with Crippen molar-refractivity contribution < 1.29 is 0 Å². The van der Waals surface area contributed by atoms with Crippen LogP contribution >= 0.6 is 0 Å². The van der Waals surface area contributed by atoms with Crippen LogP contribution in [0.4, 0.5) is 5.82 Å². The van der Waals surface area contributed by atoms with Crippen molar-refractivity contribution in [3.63, 3.8) is 0 Å². The average molecular weight is 172 g/mol. The predicted octanol–water partition coefficient (Wildman–Crippen LogP) is 0.0138. The van der Waals surface area contributed by atoms with E-state index in [0.717, 1.165) is 11.3 Å². The Morgan fingerprint density at radius 1 is 1.33 bits per heavy atom. The van der Waals surface area contributed by atoms with E-state index in [1.807, 2.05) is 7.05 Å². The third-order valence-corrected chi connectivity index (χ3v) is 1.46. The second-order valence-electron chi connectivity index (χ2n) is 2.07. The van der Waals surface area contributed by atoms with E-state index in [1.165, 1.54) is 6.33 Å². The van der Waals surface area contributed by atoms with E-state index < -0.39 is 0 Å². The predicted molar refractivity (Wildman–Crippen MR) is 47.0 cm³/mol. The molecule has 2 aromatic heterocycles. The fourth-order valence-electron chi connectivity index (χ4n) is 0.955. The number of imidazole rings is 1. The molecule has 0 saturated heterocycles. The molecule has 0 aliphatic carbocycles. The quantitative estimate of drug-likeness (QED) is 0.595. The molecule has 2 rings (SSSR count). The topological polar surface area (TPSA) is 66.5 Å². The zero-order chi connectivity index (χ0) is 7.68. The Morgan fingerprint density at radius 2 is 2.17 bits per heavy atom. The first-order chi connectivity index (χ1) is 5.42. The standard InChI is InChI=1S/C6H7N5.Na/c1-7-5-4-6(10-2-8-4)11-3-9-5;/h2-3H,1H3,(H2,7,8,9,10,11);. The summed E-state index contributed by atoms with van der Waals surface area (Å²) < 4.78 is 0. The Balaban J connectivity index is 0.000000720. The normalized spacial score (nSPS) is 9.42. The number of aromatic nitrogens is 4. The maximum absolute atomic E-state index is 4.00. The van der Waals surface area contributed by atoms with Gasteiger partial charge in [0.05, 0.1) is 6.33 Å². The molecule has 0 amide bonds. The van der Waals surface area contributed by atoms with Gasteiger partial charge in [-0.15, -0.1) is 0 Å². The molecule has 5 nitrogen and oxygen atoms in total. The first-order valence-electron chi connectivity index (χ1n) is 3.23. The monoisotopic (exact) mass is 172 g/mol. The van der Waals surface area contributed by atoms with Crippen LogP contribution in [0.25, 0.3) is 11.2 Å². The van der Waals surface area contributed by atoms with Gasteiger partial charge in [-0.05, 0) is 0 Å². The van der Waals surface area contributed by atoms with E-state index in [9.17, 15) is 0 Å². The van der Waals surface area contributed by atoms with Gasteiger partial charge in [-0.25, -0.2) is 15.0 Å². The van der Waals surface area contributed by atoms with E-state index in [4.69, 9.17) is 0 Å². The van der Waals surface area contributed by atoms with Crippen molar-refractivity contribution in [2.45, 2.75) is 0 Å². The minimum atomic E-state index is 0. The molecule has 1 radical (unpaired) electrons. The van der Waals surface area contributed by atoms with Crippen LogP contribution in [0.5, 0.6) is 0 Å². The number of hydrogen-bond donors (Lipinski definition) is 2. The van der Waals surface area contributed by atoms with Crippen molar-refractivity contribution in [3.05, 3.63) is 12.7 Å². The molecule has 2 N–H and O–H groups in total. The number of nitrogens with zero attached hydrogens (tertiary/aromatic N) is 3. The molecule has 0 saturated carbocycles. The van der Waals surface area contributed by atoms with Crippen LogP contribution < -0.4 is 5.32 Å². The molecule has 0 bridgehead atoms. The van der Waals surface area contributed by atoms with Crippen LogP contribution in [0.15, 0.2) is 12.7 Å². The molecular formula is C6H7N5Na. The van der Waals surface area contributed by atoms with Gasteiger partial charge in [-0.1, -0.05) is 0 Å². The maximum atomic E-state index is 4.00. The van der Waals surface area contributed by atoms with Crippen molar-refractivity contribution in [1.29, 1.82) is 0 Å². The summed E-state index contributed by atoms with van der Waals surface area (Å²) >= 11 is 0. The Labute approximate surface area is 91.3 Å². The summed E-state index contributed by atoms with van der Waals surface area (Å²) in [4.78, 5) is 14.9. The van der Waals surface area contributed by atoms with E-state index >= 15 is 0 Å². The van der Waals surface area contributed by atoms with Gasteiger partial charge in [0.25, 0.3) is 0 Å². The molecule has 0 aliphatic rings. The SMILES string of the molecule is CNc1ncnc2nc[nH]c12.[Na]. The maximum Gasteiger partial charge on any atom is 0.182 e. The Kier molecular flexibility index (Phi) is 3.02. The summed E-state index contributed by atoms with van der Waals surface area (Å²) in [6, 6.07) is 0. The van der Waals surface area contributed by atoms with Gasteiger partial charge in [0, 0.05) is 36.6 Å². The van der Waals surface area contributed by atoms with Crippen LogP contribution in [-0.2, 0) is 0 Å². The molecule has 6 heteroatoms. The van der Waals surface area contributed by atoms with Crippen LogP contribution in [0.1, 0.15) is 0 Å². The smallest absolute Gasteiger partial charge is 0.182 e. The van der Waals surface area contributed by atoms with E-state index in [-0.39, 0.29) is 29.6 Å². The first-order valence-corrected chi connectivity index (χ1v) is 3.23. The molecule has 2 aromatic rings. The summed E-state index contributed by atoms with van der Waals surface area (Å²) in [7, 11) is 1.81. The molecule has 12 heavy (non-hydrogen) atoms. The van der Waals surface area contributed by atoms with Gasteiger partial charge in [-0.2, -0.15) is 0 Å². The number of nitrogens with one attached hydrogen (secondary N) is 2. The zero-order valence-corrected chi connectivity index (χ0v) is 9.00. The van der Waals surface area contributed by atoms with E-state index in [1.54, 1.807) is 6.33 Å². The Hall–Kier alpha value is -0.650. The number of rotatable bonds is 1. The van der Waals surface area contributed by atoms with Gasteiger partial charge in [0.1, 0.15) is 11.8 Å². The minimum absolute atomic E-state index is 0. The minimum Gasteiger partial charge on any atom is -0.371 e. The third kappa shape index (κ3) is 1.43. The summed E-state index contributed by atoms with van der Waals surface area (Å²) in [6.45, 7) is 0. The fraction of sp³-hybridized carbons (Fsp3) is 0.167. The Bertz CT molecular complexity index is 371. The third-order valence-electron chi connectivity index (χ3n) is 1.46. The molecule has 0 atom stereocenters. The molecule has 0 spiro atoms. The number of hydrogen-bond acceptors (Lipinski definition) is 4. The number of fused-ring (bicyclic) bond motifs is 1. The molecule has 0 aromatic carbocycles. The van der Waals surface area contributed by atoms with Crippen molar-refractivity contribution in [2.75, 3.05) is 12.4 Å². The van der Waals surface area contributed by atoms with Gasteiger partial charge < -0.3 is 10.3 Å². The van der Waals surface area contributed by atoms with Crippen molar-refractivity contribution >= 4 is 46.5 Å². The number of aromatic amines is 1. The average Bonchev–Trinajstić information content (AvgIpc) is 2.50. The second-order valence-corrected chi connectivity index (χ2v) is 2.07. The summed E-state index contributed by atoms with van der Waals surface area (Å²) in [5.74, 6) is 0.771. The van der Waals surface area contributed by atoms with Crippen molar-refractivity contribution in [2.24, 2.45) is 0 Å². The largest absolute Gasteiger partial charge is 0.371 e. The van der Waals surface area contributed by atoms with Crippen LogP contribution in [0.3, 0.4) is 0 Å². The first kappa shape index (κ1) is 9.44. The number of anilines is 1. The molecule has 2 heterocycles. The molecule has 0 fully saturated rings. The molecule has 0 unspecified atom stereocenters. The van der Waals surface area contributed by atoms with Gasteiger partial charge in [0.2, 0.25) is 0 Å². The zero-order valence-electron chi connectivity index (χ0n) is 7.00. The van der Waals surface area contributed by atoms with Crippen LogP contribution in [0, 0.1) is 0 Å². The second kappa shape index (κ2) is 3.84. The van der Waals surface area contributed by atoms with Crippen LogP contribution in [-0.4, -0.2) is 56.5 Å². The van der Waals surface area contributed by atoms with Crippen molar-refractivity contribution in [1.82, 2.24) is 19.9 Å².